The van der Waals surface area contributed by atoms with Crippen molar-refractivity contribution < 1.29 is 17.6 Å². The van der Waals surface area contributed by atoms with Gasteiger partial charge < -0.3 is 14.6 Å². The smallest absolute Gasteiger partial charge is 0.261 e. The molecule has 0 amide bonds. The monoisotopic (exact) mass is 426 g/mol. The maximum Gasteiger partial charge on any atom is 0.261 e. The zero-order valence-electron chi connectivity index (χ0n) is 15.7. The maximum atomic E-state index is 14.8. The largest absolute Gasteiger partial charge is 0.350 e. The average Bonchev–Trinajstić information content (AvgIpc) is 2.70. The van der Waals surface area contributed by atoms with Crippen molar-refractivity contribution >= 4 is 39.9 Å². The second-order valence-electron chi connectivity index (χ2n) is 6.32. The Morgan fingerprint density at radius 3 is 2.66 bits per heavy atom. The fourth-order valence-electron chi connectivity index (χ4n) is 2.77. The van der Waals surface area contributed by atoms with Gasteiger partial charge in [-0.3, -0.25) is 9.18 Å². The first-order chi connectivity index (χ1) is 13.8. The molecule has 0 atom stereocenters. The molecule has 154 valence electrons. The lowest BCUT2D eigenvalue weighted by atomic mass is 10.1. The molecule has 10 heteroatoms. The van der Waals surface area contributed by atoms with Gasteiger partial charge in [-0.2, -0.15) is 0 Å². The second kappa shape index (κ2) is 8.73. The van der Waals surface area contributed by atoms with E-state index in [1.807, 2.05) is 0 Å². The highest BCUT2D eigenvalue weighted by Crippen LogP contribution is 2.33. The van der Waals surface area contributed by atoms with E-state index in [4.69, 9.17) is 0 Å². The minimum atomic E-state index is -1.39. The Hall–Kier alpha value is -2.75. The predicted octanol–water partition coefficient (Wildman–Crippen LogP) is 4.82. The summed E-state index contributed by atoms with van der Waals surface area (Å²) in [6.45, 7) is 1.08. The second-order valence-corrected chi connectivity index (χ2v) is 7.22. The number of fused-ring (bicyclic) bond motifs is 1. The van der Waals surface area contributed by atoms with E-state index in [1.165, 1.54) is 23.0 Å². The van der Waals surface area contributed by atoms with Crippen molar-refractivity contribution in [3.8, 4) is 0 Å². The standard InChI is InChI=1S/C19H18F4N4OS/c1-10-12(4-5-13-15(10)19(28)27(2)9-24-13)25-18-16(22)11(21)8-14(17(18)23)26-29-7-3-6-20/h4-5,8-9,25-26H,3,6-7H2,1-2H3. The molecular formula is C19H18F4N4OS. The Morgan fingerprint density at radius 2 is 1.93 bits per heavy atom. The molecular weight excluding hydrogens is 408 g/mol. The normalized spacial score (nSPS) is 11.1. The van der Waals surface area contributed by atoms with Crippen LogP contribution in [0.3, 0.4) is 0 Å². The SMILES string of the molecule is Cc1c(Nc2c(F)c(F)cc(NSCCCF)c2F)ccc2ncn(C)c(=O)c12. The van der Waals surface area contributed by atoms with Crippen molar-refractivity contribution in [2.75, 3.05) is 22.5 Å². The van der Waals surface area contributed by atoms with E-state index in [0.717, 1.165) is 11.9 Å². The van der Waals surface area contributed by atoms with Crippen molar-refractivity contribution in [2.24, 2.45) is 7.05 Å². The van der Waals surface area contributed by atoms with Gasteiger partial charge in [0.1, 0.15) is 5.69 Å². The number of nitrogens with one attached hydrogen (secondary N) is 2. The molecule has 0 unspecified atom stereocenters. The van der Waals surface area contributed by atoms with Gasteiger partial charge in [0, 0.05) is 24.6 Å². The predicted molar refractivity (Wildman–Crippen MR) is 108 cm³/mol. The molecule has 0 fully saturated rings. The van der Waals surface area contributed by atoms with Crippen LogP contribution in [0.15, 0.2) is 29.3 Å². The lowest BCUT2D eigenvalue weighted by molar-refractivity contribution is 0.489. The van der Waals surface area contributed by atoms with E-state index in [2.05, 4.69) is 15.0 Å². The number of anilines is 3. The number of alkyl halides is 1. The van der Waals surface area contributed by atoms with Crippen molar-refractivity contribution in [3.63, 3.8) is 0 Å². The van der Waals surface area contributed by atoms with Gasteiger partial charge in [0.2, 0.25) is 0 Å². The molecule has 29 heavy (non-hydrogen) atoms. The number of aromatic nitrogens is 2. The first-order valence-corrected chi connectivity index (χ1v) is 9.67. The number of hydrogen-bond acceptors (Lipinski definition) is 5. The Balaban J connectivity index is 2.01. The summed E-state index contributed by atoms with van der Waals surface area (Å²) in [6.07, 6.45) is 1.62. The summed E-state index contributed by atoms with van der Waals surface area (Å²) in [5, 5.41) is 2.84. The molecule has 3 aromatic rings. The van der Waals surface area contributed by atoms with Crippen LogP contribution in [-0.4, -0.2) is 22.0 Å². The minimum absolute atomic E-state index is 0.238. The third-order valence-electron chi connectivity index (χ3n) is 4.33. The zero-order valence-corrected chi connectivity index (χ0v) is 16.5. The van der Waals surface area contributed by atoms with Gasteiger partial charge in [-0.1, -0.05) is 11.9 Å². The van der Waals surface area contributed by atoms with Gasteiger partial charge >= 0.3 is 0 Å². The Kier molecular flexibility index (Phi) is 6.31. The fraction of sp³-hybridized carbons (Fsp3) is 0.263. The van der Waals surface area contributed by atoms with Crippen molar-refractivity contribution in [1.82, 2.24) is 9.55 Å². The number of hydrogen-bond donors (Lipinski definition) is 2. The quantitative estimate of drug-likeness (QED) is 0.246. The van der Waals surface area contributed by atoms with Crippen LogP contribution in [0.2, 0.25) is 0 Å². The van der Waals surface area contributed by atoms with Gasteiger partial charge in [0.05, 0.1) is 29.6 Å². The van der Waals surface area contributed by atoms with Crippen LogP contribution < -0.4 is 15.6 Å². The fourth-order valence-corrected chi connectivity index (χ4v) is 3.43. The third kappa shape index (κ3) is 4.16. The van der Waals surface area contributed by atoms with Crippen LogP contribution in [0.5, 0.6) is 0 Å². The van der Waals surface area contributed by atoms with E-state index in [1.54, 1.807) is 14.0 Å². The van der Waals surface area contributed by atoms with Crippen LogP contribution in [-0.2, 0) is 7.05 Å². The Bertz CT molecular complexity index is 1120. The van der Waals surface area contributed by atoms with Gasteiger partial charge in [-0.15, -0.1) is 0 Å². The average molecular weight is 426 g/mol. The van der Waals surface area contributed by atoms with E-state index in [-0.39, 0.29) is 28.7 Å². The minimum Gasteiger partial charge on any atom is -0.350 e. The number of aryl methyl sites for hydroxylation is 2. The number of rotatable bonds is 7. The molecule has 0 saturated heterocycles. The molecule has 0 aliphatic carbocycles. The van der Waals surface area contributed by atoms with Crippen LogP contribution in [0.1, 0.15) is 12.0 Å². The van der Waals surface area contributed by atoms with Crippen molar-refractivity contribution in [1.29, 1.82) is 0 Å². The lowest BCUT2D eigenvalue weighted by Crippen LogP contribution is -2.18. The summed E-state index contributed by atoms with van der Waals surface area (Å²) in [7, 11) is 1.54. The molecule has 1 aromatic heterocycles. The van der Waals surface area contributed by atoms with Crippen LogP contribution in [0.25, 0.3) is 10.9 Å². The van der Waals surface area contributed by atoms with Gasteiger partial charge in [-0.05, 0) is 31.0 Å². The number of halogens is 4. The Labute approximate surface area is 168 Å². The number of nitrogens with zero attached hydrogens (tertiary/aromatic N) is 2. The van der Waals surface area contributed by atoms with Gasteiger partial charge in [0.15, 0.2) is 17.5 Å². The topological polar surface area (TPSA) is 59.0 Å². The molecule has 2 N–H and O–H groups in total. The molecule has 0 bridgehead atoms. The van der Waals surface area contributed by atoms with Crippen LogP contribution in [0, 0.1) is 24.4 Å². The van der Waals surface area contributed by atoms with E-state index in [9.17, 15) is 22.4 Å². The van der Waals surface area contributed by atoms with E-state index < -0.39 is 29.8 Å². The molecule has 1 heterocycles. The van der Waals surface area contributed by atoms with E-state index in [0.29, 0.717) is 22.9 Å². The molecule has 2 aromatic carbocycles. The lowest BCUT2D eigenvalue weighted by Gasteiger charge is -2.16. The summed E-state index contributed by atoms with van der Waals surface area (Å²) in [6, 6.07) is 3.75. The van der Waals surface area contributed by atoms with Crippen LogP contribution in [0.4, 0.5) is 34.6 Å². The molecule has 0 saturated carbocycles. The summed E-state index contributed by atoms with van der Waals surface area (Å²) in [4.78, 5) is 16.6. The molecule has 0 aliphatic heterocycles. The maximum absolute atomic E-state index is 14.8. The molecule has 3 rings (SSSR count). The summed E-state index contributed by atoms with van der Waals surface area (Å²) >= 11 is 0.984. The highest BCUT2D eigenvalue weighted by Gasteiger charge is 2.20. The molecule has 5 nitrogen and oxygen atoms in total. The number of benzene rings is 2. The molecule has 0 radical (unpaired) electrons. The molecule has 0 spiro atoms. The zero-order chi connectivity index (χ0) is 21.1. The van der Waals surface area contributed by atoms with Crippen molar-refractivity contribution in [2.45, 2.75) is 13.3 Å². The van der Waals surface area contributed by atoms with Crippen LogP contribution >= 0.6 is 11.9 Å². The highest BCUT2D eigenvalue weighted by atomic mass is 32.2. The van der Waals surface area contributed by atoms with Gasteiger partial charge in [0.25, 0.3) is 5.56 Å². The van der Waals surface area contributed by atoms with Gasteiger partial charge in [-0.25, -0.2) is 18.2 Å². The first-order valence-electron chi connectivity index (χ1n) is 8.68. The molecule has 0 aliphatic rings. The summed E-state index contributed by atoms with van der Waals surface area (Å²) in [5.74, 6) is -3.34. The first kappa shape index (κ1) is 21.0. The van der Waals surface area contributed by atoms with E-state index >= 15 is 0 Å². The highest BCUT2D eigenvalue weighted by molar-refractivity contribution is 8.00. The van der Waals surface area contributed by atoms with Crippen molar-refractivity contribution in [3.05, 3.63) is 57.9 Å². The summed E-state index contributed by atoms with van der Waals surface area (Å²) < 4.78 is 59.2. The summed E-state index contributed by atoms with van der Waals surface area (Å²) in [5.41, 5.74) is -0.188. The third-order valence-corrected chi connectivity index (χ3v) is 5.18. The Morgan fingerprint density at radius 1 is 1.17 bits per heavy atom.